The van der Waals surface area contributed by atoms with Crippen LogP contribution in [0.4, 0.5) is 0 Å². The number of rotatable bonds is 4. The predicted molar refractivity (Wildman–Crippen MR) is 109 cm³/mol. The molecule has 2 heterocycles. The van der Waals surface area contributed by atoms with E-state index >= 15 is 0 Å². The predicted octanol–water partition coefficient (Wildman–Crippen LogP) is 5.53. The van der Waals surface area contributed by atoms with Crippen LogP contribution in [0.1, 0.15) is 81.1 Å². The van der Waals surface area contributed by atoms with Gasteiger partial charge in [0.05, 0.1) is 0 Å². The molecule has 0 aromatic rings. The van der Waals surface area contributed by atoms with Crippen molar-refractivity contribution in [1.29, 1.82) is 0 Å². The van der Waals surface area contributed by atoms with Gasteiger partial charge in [-0.3, -0.25) is 0 Å². The van der Waals surface area contributed by atoms with Crippen molar-refractivity contribution in [3.05, 3.63) is 0 Å². The Morgan fingerprint density at radius 3 is 1.50 bits per heavy atom. The quantitative estimate of drug-likeness (QED) is 0.665. The van der Waals surface area contributed by atoms with E-state index in [4.69, 9.17) is 0 Å². The third kappa shape index (κ3) is 7.44. The van der Waals surface area contributed by atoms with Gasteiger partial charge in [-0.25, -0.2) is 0 Å². The summed E-state index contributed by atoms with van der Waals surface area (Å²) < 4.78 is 0. The Hall–Kier alpha value is -0.0800. The first-order valence-electron chi connectivity index (χ1n) is 10.7. The van der Waals surface area contributed by atoms with Crippen molar-refractivity contribution in [3.63, 3.8) is 0 Å². The number of piperidine rings is 2. The fourth-order valence-electron chi connectivity index (χ4n) is 4.16. The van der Waals surface area contributed by atoms with Crippen molar-refractivity contribution in [1.82, 2.24) is 9.80 Å². The van der Waals surface area contributed by atoms with Gasteiger partial charge in [-0.2, -0.15) is 0 Å². The number of likely N-dealkylation sites (tertiary alicyclic amines) is 2. The highest BCUT2D eigenvalue weighted by molar-refractivity contribution is 4.77. The molecule has 144 valence electrons. The van der Waals surface area contributed by atoms with Gasteiger partial charge >= 0.3 is 0 Å². The summed E-state index contributed by atoms with van der Waals surface area (Å²) in [6, 6.07) is 1.49. The van der Waals surface area contributed by atoms with E-state index in [1.165, 1.54) is 51.9 Å². The van der Waals surface area contributed by atoms with Crippen molar-refractivity contribution in [2.24, 2.45) is 23.7 Å². The molecule has 0 N–H and O–H groups in total. The monoisotopic (exact) mass is 338 g/mol. The fourth-order valence-corrected chi connectivity index (χ4v) is 4.16. The summed E-state index contributed by atoms with van der Waals surface area (Å²) >= 11 is 0. The van der Waals surface area contributed by atoms with E-state index in [2.05, 4.69) is 65.2 Å². The molecule has 2 rings (SSSR count). The zero-order chi connectivity index (χ0) is 18.3. The summed E-state index contributed by atoms with van der Waals surface area (Å²) in [4.78, 5) is 5.22. The lowest BCUT2D eigenvalue weighted by molar-refractivity contribution is 0.117. The van der Waals surface area contributed by atoms with Crippen molar-refractivity contribution in [2.45, 2.75) is 93.2 Å². The minimum atomic E-state index is 0.742. The maximum atomic E-state index is 2.62. The highest BCUT2D eigenvalue weighted by Gasteiger charge is 2.23. The second-order valence-corrected chi connectivity index (χ2v) is 9.45. The maximum absolute atomic E-state index is 2.62. The summed E-state index contributed by atoms with van der Waals surface area (Å²) in [5, 5.41) is 0. The molecule has 1 unspecified atom stereocenters. The van der Waals surface area contributed by atoms with E-state index in [1.807, 2.05) is 0 Å². The zero-order valence-electron chi connectivity index (χ0n) is 18.0. The van der Waals surface area contributed by atoms with Crippen LogP contribution >= 0.6 is 0 Å². The lowest BCUT2D eigenvalue weighted by Crippen LogP contribution is -2.41. The minimum absolute atomic E-state index is 0.742. The Labute approximate surface area is 153 Å². The molecule has 0 spiro atoms. The largest absolute Gasteiger partial charge is 0.301 e. The molecule has 2 aliphatic rings. The van der Waals surface area contributed by atoms with Gasteiger partial charge in [-0.15, -0.1) is 0 Å². The van der Waals surface area contributed by atoms with E-state index in [0.29, 0.717) is 0 Å². The first-order chi connectivity index (χ1) is 11.2. The third-order valence-electron chi connectivity index (χ3n) is 6.41. The van der Waals surface area contributed by atoms with E-state index in [0.717, 1.165) is 35.8 Å². The first-order valence-corrected chi connectivity index (χ1v) is 10.7. The Kier molecular flexibility index (Phi) is 9.89. The van der Waals surface area contributed by atoms with Crippen LogP contribution in [0.25, 0.3) is 0 Å². The SMILES string of the molecule is CC(C)C1CCCN(C(C)C)C1.CC(C)C1CCN(C(C)C)CC1. The van der Waals surface area contributed by atoms with Crippen LogP contribution in [0.15, 0.2) is 0 Å². The number of nitrogens with zero attached hydrogens (tertiary/aromatic N) is 2. The summed E-state index contributed by atoms with van der Waals surface area (Å²) in [6.45, 7) is 23.9. The Bertz CT molecular complexity index is 284. The second-order valence-electron chi connectivity index (χ2n) is 9.45. The summed E-state index contributed by atoms with van der Waals surface area (Å²) in [5.41, 5.74) is 0. The number of hydrogen-bond donors (Lipinski definition) is 0. The molecule has 2 saturated heterocycles. The van der Waals surface area contributed by atoms with Gasteiger partial charge < -0.3 is 9.80 Å². The lowest BCUT2D eigenvalue weighted by Gasteiger charge is -2.37. The van der Waals surface area contributed by atoms with Gasteiger partial charge in [-0.1, -0.05) is 27.7 Å². The lowest BCUT2D eigenvalue weighted by atomic mass is 9.86. The van der Waals surface area contributed by atoms with E-state index in [9.17, 15) is 0 Å². The maximum Gasteiger partial charge on any atom is 0.00387 e. The average Bonchev–Trinajstić information content (AvgIpc) is 2.55. The molecule has 0 radical (unpaired) electrons. The summed E-state index contributed by atoms with van der Waals surface area (Å²) in [7, 11) is 0. The van der Waals surface area contributed by atoms with Gasteiger partial charge in [0.2, 0.25) is 0 Å². The van der Waals surface area contributed by atoms with Crippen LogP contribution in [0.5, 0.6) is 0 Å². The molecule has 0 bridgehead atoms. The highest BCUT2D eigenvalue weighted by atomic mass is 15.2. The molecule has 1 atom stereocenters. The van der Waals surface area contributed by atoms with Gasteiger partial charge in [-0.05, 0) is 96.7 Å². The molecule has 2 nitrogen and oxygen atoms in total. The molecule has 0 aliphatic carbocycles. The van der Waals surface area contributed by atoms with Crippen molar-refractivity contribution < 1.29 is 0 Å². The topological polar surface area (TPSA) is 6.48 Å². The molecule has 0 aromatic heterocycles. The molecular weight excluding hydrogens is 292 g/mol. The van der Waals surface area contributed by atoms with Crippen LogP contribution < -0.4 is 0 Å². The van der Waals surface area contributed by atoms with Gasteiger partial charge in [0.15, 0.2) is 0 Å². The van der Waals surface area contributed by atoms with Crippen molar-refractivity contribution >= 4 is 0 Å². The minimum Gasteiger partial charge on any atom is -0.301 e. The van der Waals surface area contributed by atoms with Crippen LogP contribution in [-0.4, -0.2) is 48.1 Å². The second kappa shape index (κ2) is 10.8. The fraction of sp³-hybridized carbons (Fsp3) is 1.00. The molecule has 0 amide bonds. The molecule has 2 aliphatic heterocycles. The summed E-state index contributed by atoms with van der Waals surface area (Å²) in [5.74, 6) is 3.69. The molecule has 2 fully saturated rings. The zero-order valence-corrected chi connectivity index (χ0v) is 18.0. The molecule has 0 saturated carbocycles. The van der Waals surface area contributed by atoms with Crippen LogP contribution in [0.2, 0.25) is 0 Å². The van der Waals surface area contributed by atoms with Crippen molar-refractivity contribution in [3.8, 4) is 0 Å². The van der Waals surface area contributed by atoms with Crippen LogP contribution in [-0.2, 0) is 0 Å². The van der Waals surface area contributed by atoms with Gasteiger partial charge in [0.1, 0.15) is 0 Å². The summed E-state index contributed by atoms with van der Waals surface area (Å²) in [6.07, 6.45) is 5.67. The standard InChI is InChI=1S/2C11H23N/c1-9(2)11-5-7-12(8-6-11)10(3)4;1-9(2)11-6-5-7-12(8-11)10(3)4/h2*9-11H,5-8H2,1-4H3. The van der Waals surface area contributed by atoms with Gasteiger partial charge in [0, 0.05) is 18.6 Å². The molecule has 0 aromatic carbocycles. The molecule has 2 heteroatoms. The normalized spacial score (nSPS) is 24.8. The highest BCUT2D eigenvalue weighted by Crippen LogP contribution is 2.25. The Balaban J connectivity index is 0.000000240. The Morgan fingerprint density at radius 2 is 1.08 bits per heavy atom. The first kappa shape index (κ1) is 22.0. The average molecular weight is 339 g/mol. The van der Waals surface area contributed by atoms with E-state index in [-0.39, 0.29) is 0 Å². The third-order valence-corrected chi connectivity index (χ3v) is 6.41. The Morgan fingerprint density at radius 1 is 0.583 bits per heavy atom. The molecular formula is C22H46N2. The number of hydrogen-bond acceptors (Lipinski definition) is 2. The smallest absolute Gasteiger partial charge is 0.00387 e. The van der Waals surface area contributed by atoms with Crippen molar-refractivity contribution in [2.75, 3.05) is 26.2 Å². The van der Waals surface area contributed by atoms with Crippen LogP contribution in [0, 0.1) is 23.7 Å². The van der Waals surface area contributed by atoms with Crippen LogP contribution in [0.3, 0.4) is 0 Å². The van der Waals surface area contributed by atoms with E-state index in [1.54, 1.807) is 0 Å². The molecule has 24 heavy (non-hydrogen) atoms. The van der Waals surface area contributed by atoms with E-state index < -0.39 is 0 Å². The van der Waals surface area contributed by atoms with Gasteiger partial charge in [0.25, 0.3) is 0 Å².